The van der Waals surface area contributed by atoms with E-state index in [1.165, 1.54) is 0 Å². The third kappa shape index (κ3) is 2.08. The average Bonchev–Trinajstić information content (AvgIpc) is 2.98. The molecule has 0 aliphatic carbocycles. The van der Waals surface area contributed by atoms with Crippen molar-refractivity contribution in [3.8, 4) is 0 Å². The van der Waals surface area contributed by atoms with E-state index in [1.807, 2.05) is 12.1 Å². The molecule has 3 atom stereocenters. The highest BCUT2D eigenvalue weighted by molar-refractivity contribution is 5.91. The lowest BCUT2D eigenvalue weighted by molar-refractivity contribution is 0.0995. The first-order valence-corrected chi connectivity index (χ1v) is 6.95. The Morgan fingerprint density at radius 1 is 1.53 bits per heavy atom. The smallest absolute Gasteiger partial charge is 0.267 e. The fourth-order valence-corrected chi connectivity index (χ4v) is 3.53. The third-order valence-corrected chi connectivity index (χ3v) is 4.42. The van der Waals surface area contributed by atoms with Gasteiger partial charge in [0.2, 0.25) is 0 Å². The number of anilines is 1. The summed E-state index contributed by atoms with van der Waals surface area (Å²) in [7, 11) is 0. The van der Waals surface area contributed by atoms with Crippen molar-refractivity contribution in [1.82, 2.24) is 10.3 Å². The van der Waals surface area contributed by atoms with Crippen molar-refractivity contribution in [3.63, 3.8) is 0 Å². The number of rotatable bonds is 3. The number of primary amides is 1. The topological polar surface area (TPSA) is 71.2 Å². The van der Waals surface area contributed by atoms with Gasteiger partial charge < -0.3 is 16.0 Å². The molecule has 3 N–H and O–H groups in total. The lowest BCUT2D eigenvalue weighted by atomic mass is 9.93. The van der Waals surface area contributed by atoms with Gasteiger partial charge in [-0.2, -0.15) is 0 Å². The normalized spacial score (nSPS) is 29.5. The van der Waals surface area contributed by atoms with E-state index in [1.54, 1.807) is 6.07 Å². The van der Waals surface area contributed by atoms with E-state index in [-0.39, 0.29) is 0 Å². The summed E-state index contributed by atoms with van der Waals surface area (Å²) >= 11 is 0. The molecule has 1 amide bonds. The van der Waals surface area contributed by atoms with Crippen molar-refractivity contribution in [3.05, 3.63) is 23.9 Å². The van der Waals surface area contributed by atoms with Crippen LogP contribution in [-0.4, -0.2) is 36.6 Å². The molecule has 0 spiro atoms. The fraction of sp³-hybridized carbons (Fsp3) is 0.571. The monoisotopic (exact) mass is 260 g/mol. The van der Waals surface area contributed by atoms with Gasteiger partial charge in [-0.15, -0.1) is 0 Å². The molecule has 3 rings (SSSR count). The van der Waals surface area contributed by atoms with Crippen LogP contribution in [0.15, 0.2) is 18.2 Å². The van der Waals surface area contributed by atoms with Gasteiger partial charge in [0, 0.05) is 25.7 Å². The van der Waals surface area contributed by atoms with Crippen LogP contribution in [0.25, 0.3) is 0 Å². The van der Waals surface area contributed by atoms with Gasteiger partial charge in [0.1, 0.15) is 11.5 Å². The van der Waals surface area contributed by atoms with Crippen molar-refractivity contribution in [2.75, 3.05) is 24.5 Å². The van der Waals surface area contributed by atoms with Crippen molar-refractivity contribution in [1.29, 1.82) is 0 Å². The minimum Gasteiger partial charge on any atom is -0.364 e. The SMILES string of the molecule is CCC1C2CNCC2CN1c1cccc(C(N)=O)n1. The zero-order valence-electron chi connectivity index (χ0n) is 11.2. The number of nitrogens with two attached hydrogens (primary N) is 1. The summed E-state index contributed by atoms with van der Waals surface area (Å²) in [5.41, 5.74) is 5.66. The van der Waals surface area contributed by atoms with Gasteiger partial charge in [-0.3, -0.25) is 4.79 Å². The first-order chi connectivity index (χ1) is 9.20. The zero-order chi connectivity index (χ0) is 13.4. The van der Waals surface area contributed by atoms with Gasteiger partial charge in [0.15, 0.2) is 0 Å². The Labute approximate surface area is 113 Å². The molecule has 0 aromatic carbocycles. The van der Waals surface area contributed by atoms with Gasteiger partial charge in [-0.25, -0.2) is 4.98 Å². The average molecular weight is 260 g/mol. The van der Waals surface area contributed by atoms with Crippen molar-refractivity contribution < 1.29 is 4.79 Å². The first kappa shape index (κ1) is 12.4. The van der Waals surface area contributed by atoms with Crippen LogP contribution >= 0.6 is 0 Å². The van der Waals surface area contributed by atoms with Crippen LogP contribution in [0.1, 0.15) is 23.8 Å². The van der Waals surface area contributed by atoms with Crippen LogP contribution in [0.3, 0.4) is 0 Å². The third-order valence-electron chi connectivity index (χ3n) is 4.42. The highest BCUT2D eigenvalue weighted by atomic mass is 16.1. The minimum atomic E-state index is -0.462. The zero-order valence-corrected chi connectivity index (χ0v) is 11.2. The van der Waals surface area contributed by atoms with Gasteiger partial charge in [0.05, 0.1) is 0 Å². The van der Waals surface area contributed by atoms with Crippen molar-refractivity contribution in [2.24, 2.45) is 17.6 Å². The van der Waals surface area contributed by atoms with E-state index >= 15 is 0 Å². The highest BCUT2D eigenvalue weighted by Gasteiger charge is 2.43. The summed E-state index contributed by atoms with van der Waals surface area (Å²) in [5, 5.41) is 3.47. The van der Waals surface area contributed by atoms with Gasteiger partial charge in [-0.1, -0.05) is 13.0 Å². The molecule has 19 heavy (non-hydrogen) atoms. The molecule has 1 aromatic rings. The summed E-state index contributed by atoms with van der Waals surface area (Å²) in [5.74, 6) is 1.82. The van der Waals surface area contributed by atoms with E-state index in [0.717, 1.165) is 31.9 Å². The molecule has 2 saturated heterocycles. The molecule has 0 bridgehead atoms. The maximum absolute atomic E-state index is 11.2. The standard InChI is InChI=1S/C14H20N4O/c1-2-12-10-7-16-6-9(10)8-18(12)13-5-3-4-11(17-13)14(15)19/h3-5,9-10,12,16H,2,6-8H2,1H3,(H2,15,19). The Morgan fingerprint density at radius 2 is 2.37 bits per heavy atom. The molecule has 2 aliphatic heterocycles. The van der Waals surface area contributed by atoms with Crippen molar-refractivity contribution in [2.45, 2.75) is 19.4 Å². The molecule has 0 radical (unpaired) electrons. The number of hydrogen-bond donors (Lipinski definition) is 2. The fourth-order valence-electron chi connectivity index (χ4n) is 3.53. The molecule has 2 fully saturated rings. The van der Waals surface area contributed by atoms with E-state index in [2.05, 4.69) is 22.1 Å². The Hall–Kier alpha value is -1.62. The summed E-state index contributed by atoms with van der Waals surface area (Å²) in [6.45, 7) is 5.42. The predicted molar refractivity (Wildman–Crippen MR) is 74.0 cm³/mol. The molecule has 0 saturated carbocycles. The highest BCUT2D eigenvalue weighted by Crippen LogP contribution is 2.36. The van der Waals surface area contributed by atoms with Crippen LogP contribution in [0, 0.1) is 11.8 Å². The largest absolute Gasteiger partial charge is 0.364 e. The lowest BCUT2D eigenvalue weighted by Crippen LogP contribution is -2.35. The summed E-state index contributed by atoms with van der Waals surface area (Å²) in [4.78, 5) is 18.0. The van der Waals surface area contributed by atoms with Gasteiger partial charge in [-0.05, 0) is 30.4 Å². The van der Waals surface area contributed by atoms with Gasteiger partial charge in [0.25, 0.3) is 5.91 Å². The van der Waals surface area contributed by atoms with Crippen LogP contribution < -0.4 is 16.0 Å². The van der Waals surface area contributed by atoms with Crippen LogP contribution in [-0.2, 0) is 0 Å². The van der Waals surface area contributed by atoms with Crippen molar-refractivity contribution >= 4 is 11.7 Å². The van der Waals surface area contributed by atoms with E-state index in [0.29, 0.717) is 23.6 Å². The Kier molecular flexibility index (Phi) is 3.14. The number of carbonyl (C=O) groups is 1. The van der Waals surface area contributed by atoms with E-state index < -0.39 is 5.91 Å². The molecule has 3 heterocycles. The molecular formula is C14H20N4O. The summed E-state index contributed by atoms with van der Waals surface area (Å²) in [6, 6.07) is 6.02. The number of amides is 1. The maximum atomic E-state index is 11.2. The number of pyridine rings is 1. The molecule has 102 valence electrons. The Morgan fingerprint density at radius 3 is 3.11 bits per heavy atom. The second kappa shape index (κ2) is 4.81. The number of hydrogen-bond acceptors (Lipinski definition) is 4. The minimum absolute atomic E-state index is 0.350. The molecule has 5 heteroatoms. The summed E-state index contributed by atoms with van der Waals surface area (Å²) < 4.78 is 0. The maximum Gasteiger partial charge on any atom is 0.267 e. The molecule has 5 nitrogen and oxygen atoms in total. The Bertz CT molecular complexity index is 490. The number of aromatic nitrogens is 1. The van der Waals surface area contributed by atoms with Crippen LogP contribution in [0.2, 0.25) is 0 Å². The van der Waals surface area contributed by atoms with E-state index in [9.17, 15) is 4.79 Å². The lowest BCUT2D eigenvalue weighted by Gasteiger charge is -2.28. The number of nitrogens with zero attached hydrogens (tertiary/aromatic N) is 2. The molecule has 3 unspecified atom stereocenters. The molecule has 2 aliphatic rings. The first-order valence-electron chi connectivity index (χ1n) is 6.95. The van der Waals surface area contributed by atoms with Crippen LogP contribution in [0.5, 0.6) is 0 Å². The number of nitrogens with one attached hydrogen (secondary N) is 1. The molecule has 1 aromatic heterocycles. The second-order valence-corrected chi connectivity index (χ2v) is 5.46. The number of carbonyl (C=O) groups excluding carboxylic acids is 1. The quantitative estimate of drug-likeness (QED) is 0.835. The second-order valence-electron chi connectivity index (χ2n) is 5.46. The predicted octanol–water partition coefficient (Wildman–Crippen LogP) is 0.615. The molecular weight excluding hydrogens is 240 g/mol. The van der Waals surface area contributed by atoms with Gasteiger partial charge >= 0.3 is 0 Å². The Balaban J connectivity index is 1.89. The van der Waals surface area contributed by atoms with Crippen LogP contribution in [0.4, 0.5) is 5.82 Å². The summed E-state index contributed by atoms with van der Waals surface area (Å²) in [6.07, 6.45) is 1.10. The van der Waals surface area contributed by atoms with E-state index in [4.69, 9.17) is 5.73 Å². The number of fused-ring (bicyclic) bond motifs is 1.